The van der Waals surface area contributed by atoms with Gasteiger partial charge in [-0.25, -0.2) is 0 Å². The molecule has 0 aromatic heterocycles. The highest BCUT2D eigenvalue weighted by Crippen LogP contribution is 1.95. The van der Waals surface area contributed by atoms with Crippen molar-refractivity contribution >= 4 is 0 Å². The first-order valence-corrected chi connectivity index (χ1v) is 5.40. The standard InChI is InChI=1S/C6H14.C5H12O2/c1-3-5-6-4-2;1-3-7-5-4-6-2/h3-6H2,1-2H3;3-5H2,1-2H3. The van der Waals surface area contributed by atoms with Crippen LogP contribution in [0.15, 0.2) is 0 Å². The van der Waals surface area contributed by atoms with E-state index < -0.39 is 0 Å². The molecule has 0 aromatic rings. The van der Waals surface area contributed by atoms with Crippen molar-refractivity contribution in [1.82, 2.24) is 0 Å². The predicted octanol–water partition coefficient (Wildman–Crippen LogP) is 3.26. The van der Waals surface area contributed by atoms with Crippen molar-refractivity contribution < 1.29 is 9.47 Å². The fourth-order valence-corrected chi connectivity index (χ4v) is 0.787. The van der Waals surface area contributed by atoms with Crippen molar-refractivity contribution in [3.05, 3.63) is 0 Å². The van der Waals surface area contributed by atoms with E-state index in [0.29, 0.717) is 13.2 Å². The van der Waals surface area contributed by atoms with E-state index in [0.717, 1.165) is 6.61 Å². The monoisotopic (exact) mass is 190 g/mol. The van der Waals surface area contributed by atoms with E-state index >= 15 is 0 Å². The molecule has 0 aromatic carbocycles. The number of hydrogen-bond donors (Lipinski definition) is 0. The lowest BCUT2D eigenvalue weighted by molar-refractivity contribution is 0.0777. The second-order valence-electron chi connectivity index (χ2n) is 2.90. The Hall–Kier alpha value is -0.0800. The fraction of sp³-hybridized carbons (Fsp3) is 1.00. The first kappa shape index (κ1) is 15.4. The predicted molar refractivity (Wildman–Crippen MR) is 58.2 cm³/mol. The summed E-state index contributed by atoms with van der Waals surface area (Å²) in [7, 11) is 1.67. The van der Waals surface area contributed by atoms with Crippen LogP contribution in [-0.4, -0.2) is 26.9 Å². The summed E-state index contributed by atoms with van der Waals surface area (Å²) in [4.78, 5) is 0. The van der Waals surface area contributed by atoms with Crippen LogP contribution in [0, 0.1) is 0 Å². The lowest BCUT2D eigenvalue weighted by atomic mass is 10.2. The molecule has 0 aliphatic heterocycles. The quantitative estimate of drug-likeness (QED) is 0.574. The van der Waals surface area contributed by atoms with Gasteiger partial charge in [-0.15, -0.1) is 0 Å². The topological polar surface area (TPSA) is 18.5 Å². The van der Waals surface area contributed by atoms with Gasteiger partial charge in [0.1, 0.15) is 0 Å². The minimum absolute atomic E-state index is 0.702. The van der Waals surface area contributed by atoms with E-state index in [-0.39, 0.29) is 0 Å². The molecular weight excluding hydrogens is 164 g/mol. The fourth-order valence-electron chi connectivity index (χ4n) is 0.787. The van der Waals surface area contributed by atoms with Gasteiger partial charge >= 0.3 is 0 Å². The second kappa shape index (κ2) is 17.9. The Bertz CT molecular complexity index is 57.1. The summed E-state index contributed by atoms with van der Waals surface area (Å²) in [5.41, 5.74) is 0. The maximum atomic E-state index is 4.95. The van der Waals surface area contributed by atoms with E-state index in [2.05, 4.69) is 13.8 Å². The summed E-state index contributed by atoms with van der Waals surface area (Å²) >= 11 is 0. The van der Waals surface area contributed by atoms with Gasteiger partial charge in [0.25, 0.3) is 0 Å². The normalized spacial score (nSPS) is 9.23. The van der Waals surface area contributed by atoms with Crippen LogP contribution in [0.2, 0.25) is 0 Å². The maximum absolute atomic E-state index is 4.95. The number of unbranched alkanes of at least 4 members (excludes halogenated alkanes) is 3. The van der Waals surface area contributed by atoms with E-state index in [1.165, 1.54) is 25.7 Å². The molecule has 2 nitrogen and oxygen atoms in total. The van der Waals surface area contributed by atoms with Gasteiger partial charge in [0.15, 0.2) is 0 Å². The molecule has 0 heterocycles. The average molecular weight is 190 g/mol. The van der Waals surface area contributed by atoms with Crippen LogP contribution < -0.4 is 0 Å². The molecule has 13 heavy (non-hydrogen) atoms. The molecule has 0 amide bonds. The number of methoxy groups -OCH3 is 1. The Balaban J connectivity index is 0. The Kier molecular flexibility index (Phi) is 21.2. The van der Waals surface area contributed by atoms with Crippen LogP contribution in [0.4, 0.5) is 0 Å². The molecule has 0 N–H and O–H groups in total. The third kappa shape index (κ3) is 24.5. The Morgan fingerprint density at radius 2 is 1.38 bits per heavy atom. The van der Waals surface area contributed by atoms with Crippen LogP contribution in [-0.2, 0) is 9.47 Å². The molecule has 0 rings (SSSR count). The van der Waals surface area contributed by atoms with Gasteiger partial charge in [-0.1, -0.05) is 39.5 Å². The van der Waals surface area contributed by atoms with Crippen molar-refractivity contribution in [3.8, 4) is 0 Å². The molecule has 0 spiro atoms. The van der Waals surface area contributed by atoms with Gasteiger partial charge in [0.2, 0.25) is 0 Å². The zero-order valence-corrected chi connectivity index (χ0v) is 9.77. The van der Waals surface area contributed by atoms with Gasteiger partial charge in [-0.2, -0.15) is 0 Å². The van der Waals surface area contributed by atoms with Crippen LogP contribution >= 0.6 is 0 Å². The summed E-state index contributed by atoms with van der Waals surface area (Å²) < 4.78 is 9.67. The summed E-state index contributed by atoms with van der Waals surface area (Å²) in [6.07, 6.45) is 5.54. The highest BCUT2D eigenvalue weighted by Gasteiger charge is 1.78. The first-order chi connectivity index (χ1) is 6.33. The molecule has 0 saturated carbocycles. The van der Waals surface area contributed by atoms with Gasteiger partial charge in [-0.3, -0.25) is 0 Å². The Labute approximate surface area is 83.6 Å². The highest BCUT2D eigenvalue weighted by molar-refractivity contribution is 4.31. The molecule has 0 saturated heterocycles. The zero-order valence-electron chi connectivity index (χ0n) is 9.77. The molecule has 0 aliphatic carbocycles. The van der Waals surface area contributed by atoms with Gasteiger partial charge in [0, 0.05) is 13.7 Å². The molecule has 0 fully saturated rings. The van der Waals surface area contributed by atoms with Crippen molar-refractivity contribution in [2.45, 2.75) is 46.5 Å². The lowest BCUT2D eigenvalue weighted by Crippen LogP contribution is -2.00. The molecule has 0 aliphatic rings. The lowest BCUT2D eigenvalue weighted by Gasteiger charge is -1.96. The van der Waals surface area contributed by atoms with Gasteiger partial charge in [-0.05, 0) is 6.92 Å². The minimum atomic E-state index is 0.702. The Morgan fingerprint density at radius 3 is 1.69 bits per heavy atom. The van der Waals surface area contributed by atoms with Crippen LogP contribution in [0.25, 0.3) is 0 Å². The molecule has 0 unspecified atom stereocenters. The smallest absolute Gasteiger partial charge is 0.0700 e. The van der Waals surface area contributed by atoms with Crippen LogP contribution in [0.1, 0.15) is 46.5 Å². The minimum Gasteiger partial charge on any atom is -0.382 e. The summed E-state index contributed by atoms with van der Waals surface area (Å²) in [6.45, 7) is 8.63. The summed E-state index contributed by atoms with van der Waals surface area (Å²) in [6, 6.07) is 0. The van der Waals surface area contributed by atoms with Crippen molar-refractivity contribution in [3.63, 3.8) is 0 Å². The van der Waals surface area contributed by atoms with Crippen LogP contribution in [0.5, 0.6) is 0 Å². The first-order valence-electron chi connectivity index (χ1n) is 5.40. The van der Waals surface area contributed by atoms with Crippen LogP contribution in [0.3, 0.4) is 0 Å². The maximum Gasteiger partial charge on any atom is 0.0700 e. The van der Waals surface area contributed by atoms with Gasteiger partial charge < -0.3 is 9.47 Å². The SMILES string of the molecule is CCCCCC.CCOCCOC. The zero-order chi connectivity index (χ0) is 10.4. The Morgan fingerprint density at radius 1 is 0.846 bits per heavy atom. The summed E-state index contributed by atoms with van der Waals surface area (Å²) in [5.74, 6) is 0. The van der Waals surface area contributed by atoms with Crippen molar-refractivity contribution in [2.75, 3.05) is 26.9 Å². The van der Waals surface area contributed by atoms with Crippen molar-refractivity contribution in [2.24, 2.45) is 0 Å². The van der Waals surface area contributed by atoms with E-state index in [1.54, 1.807) is 7.11 Å². The molecule has 0 radical (unpaired) electrons. The van der Waals surface area contributed by atoms with E-state index in [1.807, 2.05) is 6.92 Å². The van der Waals surface area contributed by atoms with E-state index in [4.69, 9.17) is 9.47 Å². The molecule has 0 bridgehead atoms. The van der Waals surface area contributed by atoms with Gasteiger partial charge in [0.05, 0.1) is 13.2 Å². The van der Waals surface area contributed by atoms with Crippen molar-refractivity contribution in [1.29, 1.82) is 0 Å². The van der Waals surface area contributed by atoms with E-state index in [9.17, 15) is 0 Å². The molecule has 2 heteroatoms. The summed E-state index contributed by atoms with van der Waals surface area (Å²) in [5, 5.41) is 0. The second-order valence-corrected chi connectivity index (χ2v) is 2.90. The number of hydrogen-bond acceptors (Lipinski definition) is 2. The third-order valence-electron chi connectivity index (χ3n) is 1.59. The number of ether oxygens (including phenoxy) is 2. The highest BCUT2D eigenvalue weighted by atomic mass is 16.5. The number of rotatable bonds is 7. The third-order valence-corrected chi connectivity index (χ3v) is 1.59. The largest absolute Gasteiger partial charge is 0.382 e. The molecule has 0 atom stereocenters. The molecule has 82 valence electrons. The molecular formula is C11H26O2. The average Bonchev–Trinajstić information content (AvgIpc) is 2.17.